The molecule has 0 fully saturated rings. The monoisotopic (exact) mass is 350 g/mol. The minimum absolute atomic E-state index is 0.0227. The van der Waals surface area contributed by atoms with Crippen LogP contribution < -0.4 is 10.3 Å². The molecule has 124 valence electrons. The van der Waals surface area contributed by atoms with E-state index in [1.165, 1.54) is 4.57 Å². The SMILES string of the molecule is COc1ccc(-n2c(-c3ccccn3)nc(CS)c(C#N)c2=O)cc1. The smallest absolute Gasteiger partial charge is 0.276 e. The normalized spacial score (nSPS) is 10.3. The van der Waals surface area contributed by atoms with E-state index in [0.717, 1.165) is 0 Å². The predicted molar refractivity (Wildman–Crippen MR) is 97.0 cm³/mol. The molecular formula is C18H14N4O2S. The zero-order valence-corrected chi connectivity index (χ0v) is 14.3. The lowest BCUT2D eigenvalue weighted by atomic mass is 10.2. The summed E-state index contributed by atoms with van der Waals surface area (Å²) < 4.78 is 6.54. The molecule has 7 heteroatoms. The molecule has 3 rings (SSSR count). The average Bonchev–Trinajstić information content (AvgIpc) is 2.68. The zero-order chi connectivity index (χ0) is 17.8. The summed E-state index contributed by atoms with van der Waals surface area (Å²) in [6.45, 7) is 0. The van der Waals surface area contributed by atoms with E-state index in [1.807, 2.05) is 12.1 Å². The van der Waals surface area contributed by atoms with Gasteiger partial charge >= 0.3 is 0 Å². The van der Waals surface area contributed by atoms with Gasteiger partial charge in [0.05, 0.1) is 18.5 Å². The summed E-state index contributed by atoms with van der Waals surface area (Å²) in [5.41, 5.74) is 0.961. The summed E-state index contributed by atoms with van der Waals surface area (Å²) in [5, 5.41) is 9.37. The quantitative estimate of drug-likeness (QED) is 0.732. The first-order valence-corrected chi connectivity index (χ1v) is 8.05. The molecule has 2 aromatic heterocycles. The number of aromatic nitrogens is 3. The van der Waals surface area contributed by atoms with Crippen molar-refractivity contribution in [1.82, 2.24) is 14.5 Å². The van der Waals surface area contributed by atoms with Gasteiger partial charge in [-0.1, -0.05) is 6.07 Å². The number of benzene rings is 1. The van der Waals surface area contributed by atoms with Crippen molar-refractivity contribution in [3.05, 3.63) is 70.3 Å². The molecule has 0 aliphatic carbocycles. The Kier molecular flexibility index (Phi) is 4.82. The summed E-state index contributed by atoms with van der Waals surface area (Å²) in [6.07, 6.45) is 1.62. The van der Waals surface area contributed by atoms with Crippen molar-refractivity contribution in [3.8, 4) is 29.0 Å². The summed E-state index contributed by atoms with van der Waals surface area (Å²) in [7, 11) is 1.57. The highest BCUT2D eigenvalue weighted by Gasteiger charge is 2.18. The summed E-state index contributed by atoms with van der Waals surface area (Å²) in [4.78, 5) is 21.7. The Morgan fingerprint density at radius 2 is 2.00 bits per heavy atom. The number of thiol groups is 1. The number of hydrogen-bond acceptors (Lipinski definition) is 6. The van der Waals surface area contributed by atoms with Gasteiger partial charge in [-0.25, -0.2) is 4.98 Å². The molecule has 6 nitrogen and oxygen atoms in total. The van der Waals surface area contributed by atoms with E-state index in [9.17, 15) is 10.1 Å². The average molecular weight is 350 g/mol. The van der Waals surface area contributed by atoms with E-state index < -0.39 is 5.56 Å². The van der Waals surface area contributed by atoms with Crippen LogP contribution in [0.5, 0.6) is 5.75 Å². The summed E-state index contributed by atoms with van der Waals surface area (Å²) in [6, 6.07) is 14.2. The number of pyridine rings is 1. The van der Waals surface area contributed by atoms with E-state index in [4.69, 9.17) is 4.74 Å². The molecule has 0 spiro atoms. The van der Waals surface area contributed by atoms with Crippen LogP contribution in [-0.2, 0) is 5.75 Å². The molecule has 0 saturated carbocycles. The Morgan fingerprint density at radius 3 is 2.56 bits per heavy atom. The number of methoxy groups -OCH3 is 1. The van der Waals surface area contributed by atoms with Gasteiger partial charge in [-0.15, -0.1) is 0 Å². The van der Waals surface area contributed by atoms with Gasteiger partial charge in [0.1, 0.15) is 23.1 Å². The molecule has 2 heterocycles. The molecule has 1 aromatic carbocycles. The fourth-order valence-electron chi connectivity index (χ4n) is 2.43. The van der Waals surface area contributed by atoms with Gasteiger partial charge in [0.2, 0.25) is 0 Å². The molecule has 0 atom stereocenters. The first-order chi connectivity index (χ1) is 12.2. The maximum absolute atomic E-state index is 12.9. The van der Waals surface area contributed by atoms with Gasteiger partial charge in [-0.2, -0.15) is 17.9 Å². The van der Waals surface area contributed by atoms with Gasteiger partial charge in [0, 0.05) is 11.9 Å². The molecule has 0 radical (unpaired) electrons. The maximum atomic E-state index is 12.9. The van der Waals surface area contributed by atoms with Crippen LogP contribution in [0.25, 0.3) is 17.2 Å². The maximum Gasteiger partial charge on any atom is 0.276 e. The van der Waals surface area contributed by atoms with Crippen LogP contribution in [0.15, 0.2) is 53.5 Å². The Balaban J connectivity index is 2.35. The van der Waals surface area contributed by atoms with Crippen LogP contribution in [0.1, 0.15) is 11.3 Å². The van der Waals surface area contributed by atoms with Crippen LogP contribution in [0.3, 0.4) is 0 Å². The van der Waals surface area contributed by atoms with Crippen molar-refractivity contribution >= 4 is 12.6 Å². The summed E-state index contributed by atoms with van der Waals surface area (Å²) in [5.74, 6) is 1.21. The zero-order valence-electron chi connectivity index (χ0n) is 13.4. The fraction of sp³-hybridized carbons (Fsp3) is 0.111. The Hall–Kier alpha value is -3.11. The fourth-order valence-corrected chi connectivity index (χ4v) is 2.66. The van der Waals surface area contributed by atoms with Crippen molar-refractivity contribution < 1.29 is 4.74 Å². The van der Waals surface area contributed by atoms with E-state index in [0.29, 0.717) is 28.6 Å². The molecule has 0 amide bonds. The minimum atomic E-state index is -0.452. The molecule has 0 aliphatic heterocycles. The highest BCUT2D eigenvalue weighted by Crippen LogP contribution is 2.21. The largest absolute Gasteiger partial charge is 0.497 e. The molecule has 25 heavy (non-hydrogen) atoms. The van der Waals surface area contributed by atoms with Gasteiger partial charge in [-0.05, 0) is 36.4 Å². The van der Waals surface area contributed by atoms with Crippen molar-refractivity contribution in [1.29, 1.82) is 5.26 Å². The molecule has 0 saturated heterocycles. The second-order valence-electron chi connectivity index (χ2n) is 5.08. The highest BCUT2D eigenvalue weighted by atomic mass is 32.1. The van der Waals surface area contributed by atoms with Crippen LogP contribution in [0.2, 0.25) is 0 Å². The van der Waals surface area contributed by atoms with Crippen molar-refractivity contribution in [2.24, 2.45) is 0 Å². The Labute approximate surface area is 149 Å². The van der Waals surface area contributed by atoms with Gasteiger partial charge in [-0.3, -0.25) is 14.3 Å². The number of hydrogen-bond donors (Lipinski definition) is 1. The van der Waals surface area contributed by atoms with E-state index in [2.05, 4.69) is 22.6 Å². The molecule has 0 N–H and O–H groups in total. The van der Waals surface area contributed by atoms with E-state index in [1.54, 1.807) is 49.7 Å². The number of nitriles is 1. The van der Waals surface area contributed by atoms with Crippen molar-refractivity contribution in [2.45, 2.75) is 5.75 Å². The van der Waals surface area contributed by atoms with Crippen LogP contribution in [-0.4, -0.2) is 21.6 Å². The molecule has 0 bridgehead atoms. The second-order valence-corrected chi connectivity index (χ2v) is 5.40. The summed E-state index contributed by atoms with van der Waals surface area (Å²) >= 11 is 4.19. The van der Waals surface area contributed by atoms with Crippen LogP contribution >= 0.6 is 12.6 Å². The van der Waals surface area contributed by atoms with Gasteiger partial charge in [0.15, 0.2) is 5.82 Å². The standard InChI is InChI=1S/C18H14N4O2S/c1-24-13-7-5-12(6-8-13)22-17(15-4-2-3-9-20-15)21-16(11-25)14(10-19)18(22)23/h2-9,25H,11H2,1H3. The number of nitrogens with zero attached hydrogens (tertiary/aromatic N) is 4. The Morgan fingerprint density at radius 1 is 1.24 bits per heavy atom. The van der Waals surface area contributed by atoms with Crippen molar-refractivity contribution in [2.75, 3.05) is 7.11 Å². The lowest BCUT2D eigenvalue weighted by Gasteiger charge is -2.14. The highest BCUT2D eigenvalue weighted by molar-refractivity contribution is 7.79. The second kappa shape index (κ2) is 7.20. The molecule has 3 aromatic rings. The first-order valence-electron chi connectivity index (χ1n) is 7.42. The number of rotatable bonds is 4. The first kappa shape index (κ1) is 16.7. The lowest BCUT2D eigenvalue weighted by molar-refractivity contribution is 0.414. The third kappa shape index (κ3) is 3.12. The molecular weight excluding hydrogens is 336 g/mol. The third-order valence-corrected chi connectivity index (χ3v) is 3.94. The predicted octanol–water partition coefficient (Wildman–Crippen LogP) is 2.60. The Bertz CT molecular complexity index is 993. The number of ether oxygens (including phenoxy) is 1. The van der Waals surface area contributed by atoms with Gasteiger partial charge < -0.3 is 4.74 Å². The molecule has 0 unspecified atom stereocenters. The minimum Gasteiger partial charge on any atom is -0.497 e. The molecule has 0 aliphatic rings. The third-order valence-electron chi connectivity index (χ3n) is 3.64. The van der Waals surface area contributed by atoms with E-state index >= 15 is 0 Å². The van der Waals surface area contributed by atoms with E-state index in [-0.39, 0.29) is 11.3 Å². The topological polar surface area (TPSA) is 80.8 Å². The van der Waals surface area contributed by atoms with Crippen LogP contribution in [0.4, 0.5) is 0 Å². The lowest BCUT2D eigenvalue weighted by Crippen LogP contribution is -2.26. The van der Waals surface area contributed by atoms with Crippen molar-refractivity contribution in [3.63, 3.8) is 0 Å². The van der Waals surface area contributed by atoms with Crippen LogP contribution in [0, 0.1) is 11.3 Å². The van der Waals surface area contributed by atoms with Gasteiger partial charge in [0.25, 0.3) is 5.56 Å².